The summed E-state index contributed by atoms with van der Waals surface area (Å²) in [5.74, 6) is -0.251. The first-order chi connectivity index (χ1) is 7.88. The van der Waals surface area contributed by atoms with Crippen molar-refractivity contribution >= 4 is 5.91 Å². The molecule has 0 spiro atoms. The number of rotatable bonds is 9. The van der Waals surface area contributed by atoms with Crippen molar-refractivity contribution in [3.8, 4) is 0 Å². The van der Waals surface area contributed by atoms with Crippen LogP contribution in [0.15, 0.2) is 0 Å². The Morgan fingerprint density at radius 1 is 1.24 bits per heavy atom. The lowest BCUT2D eigenvalue weighted by molar-refractivity contribution is -0.120. The molecular weight excluding hydrogens is 214 g/mol. The van der Waals surface area contributed by atoms with Crippen molar-refractivity contribution in [3.05, 3.63) is 0 Å². The first kappa shape index (κ1) is 16.4. The van der Waals surface area contributed by atoms with Crippen molar-refractivity contribution < 1.29 is 4.79 Å². The molecule has 3 N–H and O–H groups in total. The summed E-state index contributed by atoms with van der Waals surface area (Å²) in [6.07, 6.45) is 1.92. The molecule has 0 aliphatic heterocycles. The molecule has 1 atom stereocenters. The van der Waals surface area contributed by atoms with E-state index in [9.17, 15) is 4.79 Å². The minimum absolute atomic E-state index is 0.215. The van der Waals surface area contributed by atoms with Gasteiger partial charge in [0.25, 0.3) is 0 Å². The number of nitrogens with two attached hydrogens (primary N) is 1. The van der Waals surface area contributed by atoms with Crippen LogP contribution < -0.4 is 11.1 Å². The highest BCUT2D eigenvalue weighted by molar-refractivity contribution is 5.79. The number of carbonyl (C=O) groups is 1. The van der Waals surface area contributed by atoms with Crippen LogP contribution in [-0.2, 0) is 4.79 Å². The molecule has 102 valence electrons. The fourth-order valence-corrected chi connectivity index (χ4v) is 1.92. The summed E-state index contributed by atoms with van der Waals surface area (Å²) < 4.78 is 0. The van der Waals surface area contributed by atoms with Crippen LogP contribution in [0, 0.1) is 0 Å². The predicted molar refractivity (Wildman–Crippen MR) is 72.9 cm³/mol. The van der Waals surface area contributed by atoms with E-state index in [4.69, 9.17) is 5.73 Å². The maximum atomic E-state index is 11.3. The molecule has 0 radical (unpaired) electrons. The Kier molecular flexibility index (Phi) is 8.17. The van der Waals surface area contributed by atoms with E-state index in [0.717, 1.165) is 25.9 Å². The van der Waals surface area contributed by atoms with Gasteiger partial charge >= 0.3 is 0 Å². The van der Waals surface area contributed by atoms with Crippen LogP contribution in [0.2, 0.25) is 0 Å². The molecule has 0 aliphatic rings. The molecule has 0 aromatic heterocycles. The fraction of sp³-hybridized carbons (Fsp3) is 0.923. The molecule has 17 heavy (non-hydrogen) atoms. The Morgan fingerprint density at radius 2 is 1.82 bits per heavy atom. The average molecular weight is 243 g/mol. The number of primary amides is 1. The van der Waals surface area contributed by atoms with Gasteiger partial charge in [0, 0.05) is 18.6 Å². The normalized spacial score (nSPS) is 13.6. The van der Waals surface area contributed by atoms with Crippen molar-refractivity contribution in [2.24, 2.45) is 5.73 Å². The lowest BCUT2D eigenvalue weighted by atomic mass is 10.1. The van der Waals surface area contributed by atoms with Crippen molar-refractivity contribution in [3.63, 3.8) is 0 Å². The van der Waals surface area contributed by atoms with Crippen molar-refractivity contribution in [2.75, 3.05) is 13.1 Å². The van der Waals surface area contributed by atoms with E-state index in [2.05, 4.69) is 31.0 Å². The second-order valence-electron chi connectivity index (χ2n) is 5.19. The lowest BCUT2D eigenvalue weighted by Gasteiger charge is -2.28. The van der Waals surface area contributed by atoms with Crippen LogP contribution in [-0.4, -0.2) is 42.0 Å². The highest BCUT2D eigenvalue weighted by Gasteiger charge is 2.18. The average Bonchev–Trinajstić information content (AvgIpc) is 2.20. The smallest absolute Gasteiger partial charge is 0.234 e. The number of nitrogens with one attached hydrogen (secondary N) is 1. The topological polar surface area (TPSA) is 58.4 Å². The molecule has 0 rings (SSSR count). The Balaban J connectivity index is 4.21. The monoisotopic (exact) mass is 243 g/mol. The summed E-state index contributed by atoms with van der Waals surface area (Å²) in [5.41, 5.74) is 5.40. The molecule has 0 fully saturated rings. The lowest BCUT2D eigenvalue weighted by Crippen LogP contribution is -2.47. The fourth-order valence-electron chi connectivity index (χ4n) is 1.92. The second-order valence-corrected chi connectivity index (χ2v) is 5.19. The standard InChI is InChI=1S/C13H29N3O/c1-6-8-16(11(4)5)9-7-12(13(14)17)15-10(2)3/h10-12,15H,6-9H2,1-5H3,(H2,14,17). The van der Waals surface area contributed by atoms with E-state index in [0.29, 0.717) is 6.04 Å². The highest BCUT2D eigenvalue weighted by atomic mass is 16.1. The molecule has 4 nitrogen and oxygen atoms in total. The van der Waals surface area contributed by atoms with Crippen LogP contribution in [0.4, 0.5) is 0 Å². The SMILES string of the molecule is CCCN(CCC(NC(C)C)C(N)=O)C(C)C. The minimum Gasteiger partial charge on any atom is -0.368 e. The molecule has 0 saturated heterocycles. The molecule has 0 bridgehead atoms. The first-order valence-corrected chi connectivity index (χ1v) is 6.67. The van der Waals surface area contributed by atoms with Crippen molar-refractivity contribution in [1.29, 1.82) is 0 Å². The molecule has 0 aromatic rings. The van der Waals surface area contributed by atoms with Gasteiger partial charge in [-0.1, -0.05) is 20.8 Å². The Labute approximate surface area is 106 Å². The summed E-state index contributed by atoms with van der Waals surface area (Å²) in [7, 11) is 0. The number of nitrogens with zero attached hydrogens (tertiary/aromatic N) is 1. The quantitative estimate of drug-likeness (QED) is 0.642. The molecule has 0 aromatic carbocycles. The molecule has 0 aliphatic carbocycles. The predicted octanol–water partition coefficient (Wildman–Crippen LogP) is 1.35. The van der Waals surface area contributed by atoms with Gasteiger partial charge < -0.3 is 16.0 Å². The number of amides is 1. The molecular formula is C13H29N3O. The van der Waals surface area contributed by atoms with Crippen molar-refractivity contribution in [2.45, 2.75) is 65.6 Å². The molecule has 1 unspecified atom stereocenters. The maximum Gasteiger partial charge on any atom is 0.234 e. The van der Waals surface area contributed by atoms with Gasteiger partial charge in [-0.15, -0.1) is 0 Å². The second kappa shape index (κ2) is 8.48. The van der Waals surface area contributed by atoms with E-state index in [-0.39, 0.29) is 18.0 Å². The number of hydrogen-bond donors (Lipinski definition) is 2. The first-order valence-electron chi connectivity index (χ1n) is 6.67. The summed E-state index contributed by atoms with van der Waals surface area (Å²) in [4.78, 5) is 13.7. The van der Waals surface area contributed by atoms with Crippen LogP contribution in [0.3, 0.4) is 0 Å². The minimum atomic E-state index is -0.251. The zero-order valence-corrected chi connectivity index (χ0v) is 12.0. The largest absolute Gasteiger partial charge is 0.368 e. The highest BCUT2D eigenvalue weighted by Crippen LogP contribution is 2.04. The Hall–Kier alpha value is -0.610. The summed E-state index contributed by atoms with van der Waals surface area (Å²) in [6, 6.07) is 0.585. The van der Waals surface area contributed by atoms with Gasteiger partial charge in [0.05, 0.1) is 6.04 Å². The van der Waals surface area contributed by atoms with Gasteiger partial charge in [-0.3, -0.25) is 4.79 Å². The van der Waals surface area contributed by atoms with E-state index in [1.807, 2.05) is 13.8 Å². The van der Waals surface area contributed by atoms with E-state index in [1.165, 1.54) is 0 Å². The van der Waals surface area contributed by atoms with Gasteiger partial charge in [0.2, 0.25) is 5.91 Å². The summed E-state index contributed by atoms with van der Waals surface area (Å²) in [6.45, 7) is 12.6. The Morgan fingerprint density at radius 3 is 2.18 bits per heavy atom. The number of hydrogen-bond acceptors (Lipinski definition) is 3. The van der Waals surface area contributed by atoms with Crippen LogP contribution in [0.5, 0.6) is 0 Å². The van der Waals surface area contributed by atoms with Crippen LogP contribution in [0.1, 0.15) is 47.5 Å². The van der Waals surface area contributed by atoms with E-state index >= 15 is 0 Å². The zero-order valence-electron chi connectivity index (χ0n) is 12.0. The number of carbonyl (C=O) groups excluding carboxylic acids is 1. The Bertz CT molecular complexity index is 217. The van der Waals surface area contributed by atoms with Crippen molar-refractivity contribution in [1.82, 2.24) is 10.2 Å². The van der Waals surface area contributed by atoms with E-state index < -0.39 is 0 Å². The van der Waals surface area contributed by atoms with Gasteiger partial charge in [-0.2, -0.15) is 0 Å². The molecule has 1 amide bonds. The molecule has 4 heteroatoms. The van der Waals surface area contributed by atoms with Crippen LogP contribution in [0.25, 0.3) is 0 Å². The maximum absolute atomic E-state index is 11.3. The van der Waals surface area contributed by atoms with Gasteiger partial charge in [-0.25, -0.2) is 0 Å². The summed E-state index contributed by atoms with van der Waals surface area (Å²) in [5, 5.41) is 3.21. The third-order valence-electron chi connectivity index (χ3n) is 2.82. The zero-order chi connectivity index (χ0) is 13.4. The van der Waals surface area contributed by atoms with Gasteiger partial charge in [-0.05, 0) is 33.2 Å². The van der Waals surface area contributed by atoms with Gasteiger partial charge in [0.15, 0.2) is 0 Å². The molecule has 0 saturated carbocycles. The third kappa shape index (κ3) is 7.34. The molecule has 0 heterocycles. The van der Waals surface area contributed by atoms with Gasteiger partial charge in [0.1, 0.15) is 0 Å². The third-order valence-corrected chi connectivity index (χ3v) is 2.82. The van der Waals surface area contributed by atoms with E-state index in [1.54, 1.807) is 0 Å². The summed E-state index contributed by atoms with van der Waals surface area (Å²) >= 11 is 0. The van der Waals surface area contributed by atoms with Crippen LogP contribution >= 0.6 is 0 Å².